The van der Waals surface area contributed by atoms with E-state index < -0.39 is 0 Å². The summed E-state index contributed by atoms with van der Waals surface area (Å²) in [5, 5.41) is 23.7. The Morgan fingerprint density at radius 1 is 0.256 bits per heavy atom. The number of hydrogen-bond acceptors (Lipinski definition) is 10. The first-order chi connectivity index (χ1) is 61.2. The Labute approximate surface area is 717 Å². The lowest BCUT2D eigenvalue weighted by molar-refractivity contribution is 0.604. The number of aryl methyl sites for hydroxylation is 4. The van der Waals surface area contributed by atoms with Gasteiger partial charge in [0.1, 0.15) is 51.5 Å². The number of halogens is 4. The molecule has 0 spiro atoms. The highest BCUT2D eigenvalue weighted by Gasteiger charge is 2.33. The third-order valence-electron chi connectivity index (χ3n) is 24.6. The number of nitrogens with one attached hydrogen (secondary N) is 10. The number of benzene rings is 10. The molecule has 10 aromatic heterocycles. The van der Waals surface area contributed by atoms with Crippen molar-refractivity contribution >= 4 is 83.6 Å². The van der Waals surface area contributed by atoms with Crippen LogP contribution in [0.15, 0.2) is 317 Å². The van der Waals surface area contributed by atoms with Gasteiger partial charge in [0, 0.05) is 184 Å². The number of pyridine rings is 5. The van der Waals surface area contributed by atoms with Gasteiger partial charge in [-0.2, -0.15) is 0 Å². The van der Waals surface area contributed by atoms with Crippen LogP contribution in [0, 0.1) is 51.0 Å². The average Bonchev–Trinajstić information content (AvgIpc) is 1.61. The molecule has 0 aliphatic carbocycles. The monoisotopic (exact) mass is 1640 g/mol. The Balaban J connectivity index is 0.0000000956. The van der Waals surface area contributed by atoms with E-state index in [1.54, 1.807) is 37.3 Å². The van der Waals surface area contributed by atoms with Gasteiger partial charge in [0.15, 0.2) is 0 Å². The van der Waals surface area contributed by atoms with Crippen molar-refractivity contribution in [2.45, 2.75) is 70.7 Å². The van der Waals surface area contributed by atoms with E-state index in [2.05, 4.69) is 192 Å². The normalized spacial score (nSPS) is 15.5. The Morgan fingerprint density at radius 2 is 0.624 bits per heavy atom. The van der Waals surface area contributed by atoms with Crippen LogP contribution in [-0.4, -0.2) is 49.8 Å². The van der Waals surface area contributed by atoms with Crippen LogP contribution < -0.4 is 26.6 Å². The predicted molar refractivity (Wildman–Crippen MR) is 495 cm³/mol. The van der Waals surface area contributed by atoms with Gasteiger partial charge in [-0.05, 0) is 193 Å². The summed E-state index contributed by atoms with van der Waals surface area (Å²) in [6, 6.07) is 83.1. The fraction of sp³-hybridized carbons (Fsp3) is 0.104. The van der Waals surface area contributed by atoms with Crippen molar-refractivity contribution in [1.29, 1.82) is 0 Å². The maximum Gasteiger partial charge on any atom is 0.138 e. The minimum absolute atomic E-state index is 0.0393. The summed E-state index contributed by atoms with van der Waals surface area (Å²) in [5.41, 5.74) is 34.8. The Bertz CT molecular complexity index is 7530. The van der Waals surface area contributed by atoms with Crippen LogP contribution in [0.4, 0.5) is 46.0 Å². The first kappa shape index (κ1) is 76.7. The third-order valence-corrected chi connectivity index (χ3v) is 24.6. The Hall–Kier alpha value is -15.6. The molecule has 0 bridgehead atoms. The van der Waals surface area contributed by atoms with Gasteiger partial charge in [-0.15, -0.1) is 0 Å². The number of hydrogen-bond donors (Lipinski definition) is 10. The van der Waals surface area contributed by atoms with E-state index in [-0.39, 0.29) is 53.5 Å². The molecule has 19 heteroatoms. The van der Waals surface area contributed by atoms with E-state index in [1.807, 2.05) is 186 Å². The smallest absolute Gasteiger partial charge is 0.138 e. The number of fused-ring (bicyclic) bond motifs is 10. The molecule has 5 aliphatic rings. The summed E-state index contributed by atoms with van der Waals surface area (Å²) in [5.74, 6) is -0.774. The molecular weight excluding hydrogens is 1560 g/mol. The van der Waals surface area contributed by atoms with E-state index >= 15 is 0 Å². The lowest BCUT2D eigenvalue weighted by atomic mass is 9.95. The molecule has 20 aromatic rings. The highest BCUT2D eigenvalue weighted by atomic mass is 19.1. The molecule has 5 atom stereocenters. The molecule has 0 fully saturated rings. The van der Waals surface area contributed by atoms with Gasteiger partial charge >= 0.3 is 0 Å². The largest absolute Gasteiger partial charge is 0.377 e. The maximum atomic E-state index is 14.7. The summed E-state index contributed by atoms with van der Waals surface area (Å²) >= 11 is 0. The van der Waals surface area contributed by atoms with E-state index in [1.165, 1.54) is 56.1 Å². The van der Waals surface area contributed by atoms with Crippen LogP contribution in [0.25, 0.3) is 111 Å². The molecule has 10 aromatic carbocycles. The van der Waals surface area contributed by atoms with Crippen LogP contribution >= 0.6 is 0 Å². The van der Waals surface area contributed by atoms with E-state index in [0.29, 0.717) is 23.1 Å². The van der Waals surface area contributed by atoms with Crippen LogP contribution in [0.3, 0.4) is 0 Å². The second kappa shape index (κ2) is 32.1. The quantitative estimate of drug-likeness (QED) is 0.0684. The topological polar surface area (TPSA) is 204 Å². The van der Waals surface area contributed by atoms with Crippen LogP contribution in [-0.2, 0) is 12.8 Å². The molecule has 125 heavy (non-hydrogen) atoms. The molecule has 610 valence electrons. The molecule has 15 heterocycles. The average molecular weight is 1640 g/mol. The molecular formula is C106H83F4N15. The van der Waals surface area contributed by atoms with Gasteiger partial charge in [0.2, 0.25) is 0 Å². The van der Waals surface area contributed by atoms with Crippen LogP contribution in [0.1, 0.15) is 108 Å². The predicted octanol–water partition coefficient (Wildman–Crippen LogP) is 25.9. The highest BCUT2D eigenvalue weighted by molar-refractivity contribution is 6.06. The van der Waals surface area contributed by atoms with Crippen molar-refractivity contribution < 1.29 is 17.6 Å². The summed E-state index contributed by atoms with van der Waals surface area (Å²) < 4.78 is 57.5. The number of nitrogens with zero attached hydrogens (tertiary/aromatic N) is 5. The molecule has 0 amide bonds. The molecule has 0 radical (unpaired) electrons. The minimum atomic E-state index is -0.278. The number of aromatic amines is 5. The van der Waals surface area contributed by atoms with Crippen molar-refractivity contribution in [3.05, 3.63) is 418 Å². The first-order valence-corrected chi connectivity index (χ1v) is 41.9. The molecule has 5 unspecified atom stereocenters. The second-order valence-corrected chi connectivity index (χ2v) is 32.6. The number of anilines is 5. The van der Waals surface area contributed by atoms with E-state index in [4.69, 9.17) is 0 Å². The molecule has 0 saturated carbocycles. The molecule has 10 N–H and O–H groups in total. The van der Waals surface area contributed by atoms with Crippen molar-refractivity contribution in [1.82, 2.24) is 49.8 Å². The second-order valence-electron chi connectivity index (χ2n) is 32.6. The van der Waals surface area contributed by atoms with Gasteiger partial charge < -0.3 is 51.5 Å². The standard InChI is InChI=1S/C22H18FN3.3C21H16FN3.C21H17N3/c1-13-6-7-14(10-18(13)23)11-20-17-12-25-22-21(17)16(8-9-24-22)15-4-2-3-5-19(15)26-20;1-12-8-13(10-14(22)9-12)20-17-11-24-21-19(17)16(6-7-23-21)15-4-2-3-5-18(15)25-20;1-12-6-7-17(22)15(10-12)20-16-11-24-21-19(16)14(8-9-23-21)13-4-2-3-5-18(13)25-20;1-12-6-7-15(17(22)10-12)20-16-11-24-21-19(16)14(8-9-23-21)13-4-2-3-5-18(13)25-20;1-2-6-14(7-3-1)12-19-17-13-23-21-20(17)16(10-11-22-21)15-8-4-5-9-18(15)24-19/h2-10,12,20,26H,11H2,1H3,(H,24,25);3*2-11,20,25H,1H3,(H,23,24);1-11,13,19,24H,12H2,(H,22,23). The van der Waals surface area contributed by atoms with Gasteiger partial charge in [0.25, 0.3) is 0 Å². The van der Waals surface area contributed by atoms with Crippen molar-refractivity contribution in [2.75, 3.05) is 26.6 Å². The first-order valence-electron chi connectivity index (χ1n) is 41.9. The van der Waals surface area contributed by atoms with Crippen molar-refractivity contribution in [3.63, 3.8) is 0 Å². The number of rotatable bonds is 7. The van der Waals surface area contributed by atoms with Crippen LogP contribution in [0.5, 0.6) is 0 Å². The molecule has 0 saturated heterocycles. The molecule has 15 nitrogen and oxygen atoms in total. The molecule has 25 rings (SSSR count). The summed E-state index contributed by atoms with van der Waals surface area (Å²) in [4.78, 5) is 38.7. The van der Waals surface area contributed by atoms with Gasteiger partial charge in [0.05, 0.1) is 30.2 Å². The Morgan fingerprint density at radius 3 is 1.06 bits per heavy atom. The van der Waals surface area contributed by atoms with Gasteiger partial charge in [-0.1, -0.05) is 169 Å². The SMILES string of the molecule is Cc1cc(F)cc(C2Nc3ccccc3-c3ccnc4[nH]cc2c34)c1.Cc1ccc(C2Nc3ccccc3-c3ccnc4[nH]cc2c34)c(F)c1.Cc1ccc(CC2Nc3ccccc3-c3ccnc4[nH]cc2c34)cc1F.Cc1ccc(F)c(C2Nc3ccccc3-c3ccnc4[nH]cc2c34)c1.c1ccc(CC2Nc3ccccc3-c3ccnc4[nH]cc2c34)cc1. The zero-order valence-electron chi connectivity index (χ0n) is 68.6. The summed E-state index contributed by atoms with van der Waals surface area (Å²) in [7, 11) is 0. The third kappa shape index (κ3) is 14.2. The molecule has 5 aliphatic heterocycles. The minimum Gasteiger partial charge on any atom is -0.377 e. The van der Waals surface area contributed by atoms with E-state index in [9.17, 15) is 17.6 Å². The van der Waals surface area contributed by atoms with Crippen molar-refractivity contribution in [2.24, 2.45) is 0 Å². The Kier molecular flexibility index (Phi) is 19.7. The summed E-state index contributed by atoms with van der Waals surface area (Å²) in [6.45, 7) is 7.59. The van der Waals surface area contributed by atoms with Gasteiger partial charge in [-0.3, -0.25) is 0 Å². The fourth-order valence-corrected chi connectivity index (χ4v) is 18.8. The van der Waals surface area contributed by atoms with Crippen LogP contribution in [0.2, 0.25) is 0 Å². The summed E-state index contributed by atoms with van der Waals surface area (Å²) in [6.07, 6.45) is 20.8. The lowest BCUT2D eigenvalue weighted by Gasteiger charge is -2.20. The number of aromatic nitrogens is 10. The number of para-hydroxylation sites is 5. The van der Waals surface area contributed by atoms with Gasteiger partial charge in [-0.25, -0.2) is 42.5 Å². The fourth-order valence-electron chi connectivity index (χ4n) is 18.8. The maximum absolute atomic E-state index is 14.7. The number of H-pyrrole nitrogens is 5. The zero-order chi connectivity index (χ0) is 84.5. The van der Waals surface area contributed by atoms with E-state index in [0.717, 1.165) is 157 Å². The zero-order valence-corrected chi connectivity index (χ0v) is 68.6. The highest BCUT2D eigenvalue weighted by Crippen LogP contribution is 2.50. The van der Waals surface area contributed by atoms with Crippen molar-refractivity contribution in [3.8, 4) is 55.6 Å². The lowest BCUT2D eigenvalue weighted by Crippen LogP contribution is -2.13.